The van der Waals surface area contributed by atoms with Crippen molar-refractivity contribution in [2.45, 2.75) is 64.1 Å². The van der Waals surface area contributed by atoms with E-state index >= 15 is 0 Å². The van der Waals surface area contributed by atoms with Gasteiger partial charge in [-0.05, 0) is 19.3 Å². The molecule has 0 aromatic carbocycles. The minimum absolute atomic E-state index is 0.486. The Morgan fingerprint density at radius 2 is 2.17 bits per heavy atom. The van der Waals surface area contributed by atoms with Crippen LogP contribution in [-0.2, 0) is 13.1 Å². The van der Waals surface area contributed by atoms with Crippen molar-refractivity contribution in [2.24, 2.45) is 0 Å². The first-order valence-corrected chi connectivity index (χ1v) is 7.17. The molecule has 1 fully saturated rings. The van der Waals surface area contributed by atoms with E-state index in [1.807, 2.05) is 12.4 Å². The number of aromatic nitrogens is 2. The topological polar surface area (TPSA) is 50.1 Å². The molecule has 2 N–H and O–H groups in total. The lowest BCUT2D eigenvalue weighted by molar-refractivity contribution is 0.00450. The summed E-state index contributed by atoms with van der Waals surface area (Å²) in [5, 5.41) is 13.7. The fourth-order valence-corrected chi connectivity index (χ4v) is 2.75. The molecule has 0 aliphatic heterocycles. The molecule has 0 saturated heterocycles. The molecular weight excluding hydrogens is 226 g/mol. The molecule has 1 aromatic heterocycles. The maximum Gasteiger partial charge on any atom is 0.122 e. The molecule has 0 unspecified atom stereocenters. The summed E-state index contributed by atoms with van der Waals surface area (Å²) in [5.74, 6) is 1.07. The zero-order valence-corrected chi connectivity index (χ0v) is 11.4. The van der Waals surface area contributed by atoms with Crippen molar-refractivity contribution in [3.05, 3.63) is 18.2 Å². The van der Waals surface area contributed by atoms with E-state index in [1.54, 1.807) is 0 Å². The van der Waals surface area contributed by atoms with Crippen LogP contribution in [0.3, 0.4) is 0 Å². The molecule has 102 valence electrons. The van der Waals surface area contributed by atoms with Gasteiger partial charge in [0.05, 0.1) is 12.1 Å². The number of nitrogens with one attached hydrogen (secondary N) is 1. The molecule has 2 rings (SSSR count). The summed E-state index contributed by atoms with van der Waals surface area (Å²) in [6, 6.07) is 0. The van der Waals surface area contributed by atoms with E-state index in [4.69, 9.17) is 0 Å². The predicted molar refractivity (Wildman–Crippen MR) is 72.3 cm³/mol. The van der Waals surface area contributed by atoms with Gasteiger partial charge in [0.2, 0.25) is 0 Å². The van der Waals surface area contributed by atoms with Crippen molar-refractivity contribution in [3.63, 3.8) is 0 Å². The highest BCUT2D eigenvalue weighted by Crippen LogP contribution is 2.27. The quantitative estimate of drug-likeness (QED) is 0.814. The van der Waals surface area contributed by atoms with Crippen LogP contribution in [0, 0.1) is 0 Å². The third-order valence-corrected chi connectivity index (χ3v) is 3.79. The second-order valence-corrected chi connectivity index (χ2v) is 5.43. The monoisotopic (exact) mass is 251 g/mol. The molecule has 1 aliphatic rings. The van der Waals surface area contributed by atoms with Gasteiger partial charge in [-0.1, -0.05) is 26.2 Å². The van der Waals surface area contributed by atoms with Gasteiger partial charge in [-0.2, -0.15) is 0 Å². The summed E-state index contributed by atoms with van der Waals surface area (Å²) in [6.07, 6.45) is 10.4. The lowest BCUT2D eigenvalue weighted by Crippen LogP contribution is -2.42. The van der Waals surface area contributed by atoms with Crippen LogP contribution in [0.15, 0.2) is 12.4 Å². The lowest BCUT2D eigenvalue weighted by Gasteiger charge is -2.32. The van der Waals surface area contributed by atoms with E-state index in [0.717, 1.165) is 51.0 Å². The molecule has 0 bridgehead atoms. The standard InChI is InChI=1S/C14H25N3O/c1-2-9-17-10-8-16-13(17)11-15-12-14(18)6-4-3-5-7-14/h8,10,15,18H,2-7,9,11-12H2,1H3. The summed E-state index contributed by atoms with van der Waals surface area (Å²) in [4.78, 5) is 4.36. The van der Waals surface area contributed by atoms with Crippen LogP contribution >= 0.6 is 0 Å². The second-order valence-electron chi connectivity index (χ2n) is 5.43. The number of aryl methyl sites for hydroxylation is 1. The van der Waals surface area contributed by atoms with E-state index < -0.39 is 5.60 Å². The molecule has 0 atom stereocenters. The molecule has 4 heteroatoms. The average molecular weight is 251 g/mol. The van der Waals surface area contributed by atoms with Crippen molar-refractivity contribution >= 4 is 0 Å². The molecule has 0 spiro atoms. The van der Waals surface area contributed by atoms with Crippen LogP contribution in [-0.4, -0.2) is 26.8 Å². The summed E-state index contributed by atoms with van der Waals surface area (Å²) in [5.41, 5.74) is -0.486. The van der Waals surface area contributed by atoms with Gasteiger partial charge in [-0.15, -0.1) is 0 Å². The van der Waals surface area contributed by atoms with Crippen LogP contribution < -0.4 is 5.32 Å². The summed E-state index contributed by atoms with van der Waals surface area (Å²) >= 11 is 0. The molecule has 1 aromatic rings. The molecule has 0 amide bonds. The normalized spacial score (nSPS) is 19.0. The Morgan fingerprint density at radius 1 is 1.39 bits per heavy atom. The van der Waals surface area contributed by atoms with Crippen LogP contribution in [0.5, 0.6) is 0 Å². The smallest absolute Gasteiger partial charge is 0.122 e. The van der Waals surface area contributed by atoms with Crippen LogP contribution in [0.25, 0.3) is 0 Å². The van der Waals surface area contributed by atoms with Crippen LogP contribution in [0.2, 0.25) is 0 Å². The maximum atomic E-state index is 10.4. The van der Waals surface area contributed by atoms with Gasteiger partial charge in [-0.3, -0.25) is 0 Å². The fraction of sp³-hybridized carbons (Fsp3) is 0.786. The first-order chi connectivity index (χ1) is 8.73. The molecule has 1 aliphatic carbocycles. The van der Waals surface area contributed by atoms with Crippen molar-refractivity contribution < 1.29 is 5.11 Å². The van der Waals surface area contributed by atoms with Crippen LogP contribution in [0.4, 0.5) is 0 Å². The Bertz CT molecular complexity index is 356. The fourth-order valence-electron chi connectivity index (χ4n) is 2.75. The molecular formula is C14H25N3O. The Kier molecular flexibility index (Phi) is 4.78. The van der Waals surface area contributed by atoms with Crippen LogP contribution in [0.1, 0.15) is 51.3 Å². The summed E-state index contributed by atoms with van der Waals surface area (Å²) in [6.45, 7) is 4.62. The highest BCUT2D eigenvalue weighted by molar-refractivity contribution is 4.93. The predicted octanol–water partition coefficient (Wildman–Crippen LogP) is 2.08. The second kappa shape index (κ2) is 6.34. The highest BCUT2D eigenvalue weighted by atomic mass is 16.3. The Labute approximate surface area is 109 Å². The Hall–Kier alpha value is -0.870. The van der Waals surface area contributed by atoms with Crippen molar-refractivity contribution in [1.82, 2.24) is 14.9 Å². The molecule has 1 saturated carbocycles. The number of hydrogen-bond donors (Lipinski definition) is 2. The average Bonchev–Trinajstić information content (AvgIpc) is 2.78. The lowest BCUT2D eigenvalue weighted by atomic mass is 9.85. The maximum absolute atomic E-state index is 10.4. The number of rotatable bonds is 6. The largest absolute Gasteiger partial charge is 0.389 e. The van der Waals surface area contributed by atoms with Gasteiger partial charge in [0.25, 0.3) is 0 Å². The molecule has 18 heavy (non-hydrogen) atoms. The third kappa shape index (κ3) is 3.56. The molecule has 0 radical (unpaired) electrons. The first kappa shape index (κ1) is 13.6. The van der Waals surface area contributed by atoms with Gasteiger partial charge in [0.15, 0.2) is 0 Å². The van der Waals surface area contributed by atoms with Gasteiger partial charge in [0.1, 0.15) is 5.82 Å². The third-order valence-electron chi connectivity index (χ3n) is 3.79. The summed E-state index contributed by atoms with van der Waals surface area (Å²) < 4.78 is 2.18. The van der Waals surface area contributed by atoms with E-state index in [0.29, 0.717) is 6.54 Å². The SMILES string of the molecule is CCCn1ccnc1CNCC1(O)CCCCC1. The van der Waals surface area contributed by atoms with Gasteiger partial charge in [0, 0.05) is 25.5 Å². The van der Waals surface area contributed by atoms with Crippen molar-refractivity contribution in [3.8, 4) is 0 Å². The molecule has 1 heterocycles. The van der Waals surface area contributed by atoms with Crippen molar-refractivity contribution in [2.75, 3.05) is 6.54 Å². The highest BCUT2D eigenvalue weighted by Gasteiger charge is 2.28. The van der Waals surface area contributed by atoms with Gasteiger partial charge < -0.3 is 15.0 Å². The zero-order chi connectivity index (χ0) is 12.8. The molecule has 4 nitrogen and oxygen atoms in total. The van der Waals surface area contributed by atoms with Crippen molar-refractivity contribution in [1.29, 1.82) is 0 Å². The Morgan fingerprint density at radius 3 is 2.89 bits per heavy atom. The summed E-state index contributed by atoms with van der Waals surface area (Å²) in [7, 11) is 0. The number of nitrogens with zero attached hydrogens (tertiary/aromatic N) is 2. The number of aliphatic hydroxyl groups is 1. The van der Waals surface area contributed by atoms with Gasteiger partial charge in [-0.25, -0.2) is 4.98 Å². The van der Waals surface area contributed by atoms with E-state index in [9.17, 15) is 5.11 Å². The first-order valence-electron chi connectivity index (χ1n) is 7.17. The van der Waals surface area contributed by atoms with E-state index in [-0.39, 0.29) is 0 Å². The number of hydrogen-bond acceptors (Lipinski definition) is 3. The zero-order valence-electron chi connectivity index (χ0n) is 11.4. The minimum Gasteiger partial charge on any atom is -0.389 e. The van der Waals surface area contributed by atoms with E-state index in [1.165, 1.54) is 6.42 Å². The number of imidazole rings is 1. The van der Waals surface area contributed by atoms with E-state index in [2.05, 4.69) is 21.8 Å². The Balaban J connectivity index is 1.78. The van der Waals surface area contributed by atoms with Gasteiger partial charge >= 0.3 is 0 Å². The minimum atomic E-state index is -0.486.